The van der Waals surface area contributed by atoms with Crippen LogP contribution in [0.4, 0.5) is 0 Å². The van der Waals surface area contributed by atoms with Crippen LogP contribution in [-0.4, -0.2) is 34.5 Å². The summed E-state index contributed by atoms with van der Waals surface area (Å²) in [6.07, 6.45) is 4.56. The molecule has 7 heteroatoms. The highest BCUT2D eigenvalue weighted by Gasteiger charge is 2.16. The summed E-state index contributed by atoms with van der Waals surface area (Å²) >= 11 is 1.30. The number of hydrogen-bond acceptors (Lipinski definition) is 5. The van der Waals surface area contributed by atoms with Crippen molar-refractivity contribution in [3.05, 3.63) is 27.6 Å². The number of hydrogen-bond donors (Lipinski definition) is 1. The first-order chi connectivity index (χ1) is 11.0. The van der Waals surface area contributed by atoms with Crippen LogP contribution in [0.5, 0.6) is 0 Å². The number of nitrogens with zero attached hydrogens (tertiary/aromatic N) is 2. The lowest BCUT2D eigenvalue weighted by Gasteiger charge is -2.18. The number of H-pyrrole nitrogens is 1. The minimum atomic E-state index is -0.597. The highest BCUT2D eigenvalue weighted by molar-refractivity contribution is 7.17. The lowest BCUT2D eigenvalue weighted by atomic mass is 9.97. The predicted molar refractivity (Wildman–Crippen MR) is 90.7 cm³/mol. The quantitative estimate of drug-likeness (QED) is 0.801. The molecule has 0 fully saturated rings. The van der Waals surface area contributed by atoms with Crippen LogP contribution in [0.2, 0.25) is 0 Å². The Morgan fingerprint density at radius 2 is 2.13 bits per heavy atom. The Kier molecular flexibility index (Phi) is 6.15. The molecular weight excluding hydrogens is 314 g/mol. The number of thiophene rings is 1. The van der Waals surface area contributed by atoms with E-state index in [4.69, 9.17) is 0 Å². The van der Waals surface area contributed by atoms with Crippen LogP contribution in [0.1, 0.15) is 49.2 Å². The van der Waals surface area contributed by atoms with E-state index in [2.05, 4.69) is 28.5 Å². The maximum atomic E-state index is 12.4. The second-order valence-electron chi connectivity index (χ2n) is 5.66. The van der Waals surface area contributed by atoms with E-state index < -0.39 is 5.76 Å². The molecule has 23 heavy (non-hydrogen) atoms. The van der Waals surface area contributed by atoms with E-state index in [0.29, 0.717) is 15.6 Å². The molecule has 1 amide bonds. The van der Waals surface area contributed by atoms with Crippen LogP contribution in [0.15, 0.2) is 21.5 Å². The standard InChI is InChI=1S/C16H23N3O3S/c1-4-11(5-2)7-6-10-19(3)15(20)13-9-8-12(23-13)14-17-16(21)22-18-14/h8-9,11H,4-7,10H2,1-3H3,(H,17,18,21). The molecule has 0 aromatic carbocycles. The Morgan fingerprint density at radius 3 is 2.74 bits per heavy atom. The van der Waals surface area contributed by atoms with E-state index in [-0.39, 0.29) is 5.91 Å². The topological polar surface area (TPSA) is 79.2 Å². The molecule has 2 rings (SSSR count). The largest absolute Gasteiger partial charge is 0.439 e. The zero-order valence-electron chi connectivity index (χ0n) is 13.8. The van der Waals surface area contributed by atoms with Crippen LogP contribution in [-0.2, 0) is 0 Å². The van der Waals surface area contributed by atoms with Gasteiger partial charge in [0.2, 0.25) is 0 Å². The molecule has 0 aliphatic heterocycles. The first-order valence-electron chi connectivity index (χ1n) is 7.96. The van der Waals surface area contributed by atoms with Gasteiger partial charge in [-0.25, -0.2) is 4.79 Å². The third kappa shape index (κ3) is 4.54. The van der Waals surface area contributed by atoms with Gasteiger partial charge in [-0.1, -0.05) is 31.8 Å². The number of carbonyl (C=O) groups excluding carboxylic acids is 1. The highest BCUT2D eigenvalue weighted by atomic mass is 32.1. The van der Waals surface area contributed by atoms with Crippen molar-refractivity contribution in [1.29, 1.82) is 0 Å². The van der Waals surface area contributed by atoms with Crippen LogP contribution >= 0.6 is 11.3 Å². The lowest BCUT2D eigenvalue weighted by Crippen LogP contribution is -2.27. The second kappa shape index (κ2) is 8.10. The van der Waals surface area contributed by atoms with Gasteiger partial charge in [-0.2, -0.15) is 0 Å². The molecular formula is C16H23N3O3S. The number of nitrogens with one attached hydrogen (secondary N) is 1. The Bertz CT molecular complexity index is 685. The summed E-state index contributed by atoms with van der Waals surface area (Å²) < 4.78 is 4.48. The molecule has 2 aromatic heterocycles. The van der Waals surface area contributed by atoms with Crippen LogP contribution < -0.4 is 5.76 Å². The van der Waals surface area contributed by atoms with Crippen molar-refractivity contribution in [3.8, 4) is 10.7 Å². The van der Waals surface area contributed by atoms with E-state index in [0.717, 1.165) is 25.3 Å². The minimum Gasteiger partial charge on any atom is -0.341 e. The van der Waals surface area contributed by atoms with Crippen LogP contribution in [0.25, 0.3) is 10.7 Å². The Labute approximate surface area is 139 Å². The molecule has 0 radical (unpaired) electrons. The molecule has 0 spiro atoms. The van der Waals surface area contributed by atoms with Crippen LogP contribution in [0, 0.1) is 5.92 Å². The molecule has 2 heterocycles. The number of aromatic nitrogens is 2. The highest BCUT2D eigenvalue weighted by Crippen LogP contribution is 2.25. The van der Waals surface area contributed by atoms with Crippen molar-refractivity contribution in [3.63, 3.8) is 0 Å². The van der Waals surface area contributed by atoms with Gasteiger partial charge in [-0.3, -0.25) is 14.3 Å². The van der Waals surface area contributed by atoms with E-state index in [9.17, 15) is 9.59 Å². The Balaban J connectivity index is 1.92. The summed E-state index contributed by atoms with van der Waals surface area (Å²) in [5.41, 5.74) is 0. The number of rotatable bonds is 8. The third-order valence-electron chi connectivity index (χ3n) is 4.10. The predicted octanol–water partition coefficient (Wildman–Crippen LogP) is 3.38. The summed E-state index contributed by atoms with van der Waals surface area (Å²) in [5, 5.41) is 3.63. The van der Waals surface area contributed by atoms with Crippen molar-refractivity contribution in [2.24, 2.45) is 5.92 Å². The Hall–Kier alpha value is -1.89. The molecule has 2 aromatic rings. The van der Waals surface area contributed by atoms with Gasteiger partial charge in [-0.15, -0.1) is 11.3 Å². The number of carbonyl (C=O) groups is 1. The van der Waals surface area contributed by atoms with Gasteiger partial charge >= 0.3 is 5.76 Å². The van der Waals surface area contributed by atoms with E-state index >= 15 is 0 Å². The molecule has 6 nitrogen and oxygen atoms in total. The molecule has 0 bridgehead atoms. The average molecular weight is 337 g/mol. The van der Waals surface area contributed by atoms with Gasteiger partial charge in [0.25, 0.3) is 5.91 Å². The van der Waals surface area contributed by atoms with Crippen molar-refractivity contribution in [2.45, 2.75) is 39.5 Å². The number of aromatic amines is 1. The fourth-order valence-electron chi connectivity index (χ4n) is 2.52. The summed E-state index contributed by atoms with van der Waals surface area (Å²) in [6.45, 7) is 5.18. The summed E-state index contributed by atoms with van der Waals surface area (Å²) in [4.78, 5) is 29.0. The minimum absolute atomic E-state index is 0.00311. The molecule has 1 N–H and O–H groups in total. The summed E-state index contributed by atoms with van der Waals surface area (Å²) in [6, 6.07) is 3.52. The first-order valence-corrected chi connectivity index (χ1v) is 8.78. The van der Waals surface area contributed by atoms with Gasteiger partial charge in [-0.05, 0) is 30.9 Å². The maximum absolute atomic E-state index is 12.4. The molecule has 0 saturated heterocycles. The second-order valence-corrected chi connectivity index (χ2v) is 6.74. The summed E-state index contributed by atoms with van der Waals surface area (Å²) in [7, 11) is 1.83. The van der Waals surface area contributed by atoms with Crippen molar-refractivity contribution < 1.29 is 9.32 Å². The van der Waals surface area contributed by atoms with Crippen molar-refractivity contribution in [1.82, 2.24) is 15.0 Å². The summed E-state index contributed by atoms with van der Waals surface area (Å²) in [5.74, 6) is 0.503. The van der Waals surface area contributed by atoms with Crippen molar-refractivity contribution >= 4 is 17.2 Å². The monoisotopic (exact) mass is 337 g/mol. The van der Waals surface area contributed by atoms with Gasteiger partial charge in [0.05, 0.1) is 9.75 Å². The van der Waals surface area contributed by atoms with Gasteiger partial charge in [0.1, 0.15) is 0 Å². The van der Waals surface area contributed by atoms with Gasteiger partial charge < -0.3 is 4.90 Å². The maximum Gasteiger partial charge on any atom is 0.439 e. The lowest BCUT2D eigenvalue weighted by molar-refractivity contribution is 0.0795. The molecule has 0 aliphatic carbocycles. The van der Waals surface area contributed by atoms with Crippen LogP contribution in [0.3, 0.4) is 0 Å². The molecule has 0 unspecified atom stereocenters. The smallest absolute Gasteiger partial charge is 0.341 e. The van der Waals surface area contributed by atoms with Gasteiger partial charge in [0, 0.05) is 13.6 Å². The van der Waals surface area contributed by atoms with Gasteiger partial charge in [0.15, 0.2) is 5.82 Å². The van der Waals surface area contributed by atoms with E-state index in [1.165, 1.54) is 24.2 Å². The SMILES string of the molecule is CCC(CC)CCCN(C)C(=O)c1ccc(-c2noc(=O)[nH]2)s1. The zero-order valence-corrected chi connectivity index (χ0v) is 14.6. The third-order valence-corrected chi connectivity index (χ3v) is 5.18. The normalized spacial score (nSPS) is 11.1. The molecule has 0 aliphatic rings. The first kappa shape index (κ1) is 17.5. The molecule has 126 valence electrons. The van der Waals surface area contributed by atoms with E-state index in [1.807, 2.05) is 7.05 Å². The molecule has 0 saturated carbocycles. The van der Waals surface area contributed by atoms with Crippen molar-refractivity contribution in [2.75, 3.05) is 13.6 Å². The number of amides is 1. The molecule has 0 atom stereocenters. The zero-order chi connectivity index (χ0) is 16.8. The fraction of sp³-hybridized carbons (Fsp3) is 0.562. The fourth-order valence-corrected chi connectivity index (χ4v) is 3.46. The Morgan fingerprint density at radius 1 is 1.39 bits per heavy atom. The average Bonchev–Trinajstić information content (AvgIpc) is 3.19. The van der Waals surface area contributed by atoms with E-state index in [1.54, 1.807) is 17.0 Å².